The van der Waals surface area contributed by atoms with E-state index in [2.05, 4.69) is 31.1 Å². The van der Waals surface area contributed by atoms with Crippen molar-refractivity contribution >= 4 is 0 Å². The van der Waals surface area contributed by atoms with Crippen molar-refractivity contribution in [3.8, 4) is 0 Å². The molecule has 3 nitrogen and oxygen atoms in total. The first-order valence-electron chi connectivity index (χ1n) is 0.432. The molecule has 0 aromatic carbocycles. The summed E-state index contributed by atoms with van der Waals surface area (Å²) in [6, 6.07) is 0. The molecule has 0 aliphatic heterocycles. The van der Waals surface area contributed by atoms with Crippen LogP contribution in [0.25, 0.3) is 0 Å². The van der Waals surface area contributed by atoms with E-state index in [4.69, 9.17) is 11.2 Å². The predicted molar refractivity (Wildman–Crippen MR) is 2.06 cm³/mol. The third-order valence-corrected chi connectivity index (χ3v) is 0. The van der Waals surface area contributed by atoms with E-state index in [-0.39, 0.29) is 0 Å². The van der Waals surface area contributed by atoms with E-state index in [9.17, 15) is 0 Å². The van der Waals surface area contributed by atoms with Crippen LogP contribution in [-0.4, -0.2) is 0 Å². The molecule has 43 valence electrons. The molecule has 0 bridgehead atoms. The van der Waals surface area contributed by atoms with Gasteiger partial charge in [0.15, 0.2) is 0 Å². The number of hydrogen-bond donors (Lipinski definition) is 0. The second-order valence-corrected chi connectivity index (χ2v) is 0. The molecule has 0 amide bonds. The van der Waals surface area contributed by atoms with Crippen LogP contribution >= 0.6 is 0 Å². The zero-order valence-corrected chi connectivity index (χ0v) is 6.32. The molecule has 0 fully saturated rings. The molecule has 0 N–H and O–H groups in total. The van der Waals surface area contributed by atoms with Gasteiger partial charge in [-0.1, -0.05) is 0 Å². The Morgan fingerprint density at radius 1 is 1.17 bits per heavy atom. The molecule has 0 aromatic heterocycles. The van der Waals surface area contributed by atoms with Crippen LogP contribution in [-0.2, 0) is 62.0 Å². The molecule has 6 heavy (non-hydrogen) atoms. The van der Waals surface area contributed by atoms with Crippen molar-refractivity contribution in [2.75, 3.05) is 0 Å². The van der Waals surface area contributed by atoms with Crippen LogP contribution in [0.2, 0.25) is 0 Å². The minimum atomic E-state index is 0.700. The van der Waals surface area contributed by atoms with Crippen molar-refractivity contribution in [1.82, 2.24) is 0 Å². The summed E-state index contributed by atoms with van der Waals surface area (Å²) in [6.07, 6.45) is 0. The van der Waals surface area contributed by atoms with Gasteiger partial charge in [0, 0.05) is 0 Å². The molecule has 0 spiro atoms. The molecule has 0 aromatic rings. The summed E-state index contributed by atoms with van der Waals surface area (Å²) in [6.45, 7) is 0. The number of rotatable bonds is 0. The molecule has 0 heterocycles. The first-order chi connectivity index (χ1) is 3.00. The zero-order chi connectivity index (χ0) is 6.00. The van der Waals surface area contributed by atoms with Crippen LogP contribution in [0.15, 0.2) is 0 Å². The van der Waals surface area contributed by atoms with Gasteiger partial charge < -0.3 is 0 Å². The van der Waals surface area contributed by atoms with Gasteiger partial charge in [-0.2, -0.15) is 0 Å². The third-order valence-electron chi connectivity index (χ3n) is 0. The molecule has 0 aliphatic rings. The Bertz CT molecular complexity index is 15.5. The molecule has 0 atom stereocenters. The fourth-order valence-electron chi connectivity index (χ4n) is 0. The van der Waals surface area contributed by atoms with Gasteiger partial charge in [-0.3, -0.25) is 0 Å². The fraction of sp³-hybridized carbons (Fsp3) is 0. The van der Waals surface area contributed by atoms with E-state index in [0.29, 0.717) is 19.8 Å². The minimum absolute atomic E-state index is 0.700. The summed E-state index contributed by atoms with van der Waals surface area (Å²) >= 11 is 5.64. The second-order valence-electron chi connectivity index (χ2n) is 0. The summed E-state index contributed by atoms with van der Waals surface area (Å²) in [5, 5.41) is 0. The van der Waals surface area contributed by atoms with E-state index in [1.54, 1.807) is 0 Å². The summed E-state index contributed by atoms with van der Waals surface area (Å²) in [7, 11) is 0. The van der Waals surface area contributed by atoms with Crippen LogP contribution in [0, 0.1) is 0 Å². The Kier molecular flexibility index (Phi) is 349. The van der Waals surface area contributed by atoms with Crippen LogP contribution < -0.4 is 0 Å². The average Bonchev–Trinajstić information content (AvgIpc) is 1.81. The first-order valence-corrected chi connectivity index (χ1v) is 2.08. The van der Waals surface area contributed by atoms with Gasteiger partial charge in [0.05, 0.1) is 0 Å². The quantitative estimate of drug-likeness (QED) is 0.560. The van der Waals surface area contributed by atoms with Crippen molar-refractivity contribution in [2.45, 2.75) is 0 Å². The third kappa shape index (κ3) is 71.8. The van der Waals surface area contributed by atoms with E-state index >= 15 is 0 Å². The van der Waals surface area contributed by atoms with Crippen LogP contribution in [0.1, 0.15) is 0 Å². The topological polar surface area (TPSA) is 51.2 Å². The summed E-state index contributed by atoms with van der Waals surface area (Å²) in [5.74, 6) is 0. The van der Waals surface area contributed by atoms with Gasteiger partial charge in [0.1, 0.15) is 0 Å². The van der Waals surface area contributed by atoms with Crippen molar-refractivity contribution in [1.29, 1.82) is 0 Å². The van der Waals surface area contributed by atoms with Crippen molar-refractivity contribution < 1.29 is 62.0 Å². The van der Waals surface area contributed by atoms with Gasteiger partial charge in [-0.05, 0) is 0 Å². The van der Waals surface area contributed by atoms with E-state index in [0.717, 1.165) is 0 Å². The van der Waals surface area contributed by atoms with Gasteiger partial charge in [-0.25, -0.2) is 0 Å². The van der Waals surface area contributed by atoms with Crippen molar-refractivity contribution in [3.05, 3.63) is 0 Å². The zero-order valence-electron chi connectivity index (χ0n) is 2.28. The molecule has 0 aliphatic carbocycles. The molecule has 0 rings (SSSR count). The summed E-state index contributed by atoms with van der Waals surface area (Å²) in [4.78, 5) is 0. The number of hydrogen-bond acceptors (Lipinski definition) is 3. The van der Waals surface area contributed by atoms with Crippen molar-refractivity contribution in [2.24, 2.45) is 0 Å². The molecule has 0 radical (unpaired) electrons. The van der Waals surface area contributed by atoms with Crippen LogP contribution in [0.5, 0.6) is 0 Å². The molecule has 0 saturated carbocycles. The summed E-state index contributed by atoms with van der Waals surface area (Å²) in [5.41, 5.74) is 0. The SMILES string of the molecule is [O]=[Co].[O]=[Mo].[O]=[Ni]. The fourth-order valence-corrected chi connectivity index (χ4v) is 0. The average molecular weight is 262 g/mol. The first kappa shape index (κ1) is 15.7. The van der Waals surface area contributed by atoms with Crippen molar-refractivity contribution in [3.63, 3.8) is 0 Å². The predicted octanol–water partition coefficient (Wildman–Crippen LogP) is -0.364. The Morgan fingerprint density at radius 3 is 1.17 bits per heavy atom. The Labute approximate surface area is 61.8 Å². The van der Waals surface area contributed by atoms with E-state index < -0.39 is 0 Å². The molecule has 6 heteroatoms. The normalized spacial score (nSPS) is 2.50. The van der Waals surface area contributed by atoms with Gasteiger partial charge in [0.2, 0.25) is 0 Å². The van der Waals surface area contributed by atoms with Gasteiger partial charge in [-0.15, -0.1) is 0 Å². The van der Waals surface area contributed by atoms with Gasteiger partial charge in [0.25, 0.3) is 0 Å². The van der Waals surface area contributed by atoms with E-state index in [1.807, 2.05) is 0 Å². The molecular weight excluding hydrogens is 262 g/mol. The summed E-state index contributed by atoms with van der Waals surface area (Å²) < 4.78 is 24.1. The van der Waals surface area contributed by atoms with Gasteiger partial charge >= 0.3 is 62.0 Å². The van der Waals surface area contributed by atoms with Crippen LogP contribution in [0.3, 0.4) is 0 Å². The monoisotopic (exact) mass is 263 g/mol. The Morgan fingerprint density at radius 2 is 1.17 bits per heavy atom. The maximum atomic E-state index is 8.26. The Hall–Kier alpha value is 1.09. The van der Waals surface area contributed by atoms with Crippen LogP contribution in [0.4, 0.5) is 0 Å². The Balaban J connectivity index is -0.0000000225. The molecular formula is CoMoNiO3. The molecule has 0 saturated heterocycles. The standard InChI is InChI=1S/Co.Mo.Ni.3O. The molecule has 0 unspecified atom stereocenters. The maximum absolute atomic E-state index is 8.26. The van der Waals surface area contributed by atoms with E-state index in [1.165, 1.54) is 0 Å². The second kappa shape index (κ2) is 133.